The van der Waals surface area contributed by atoms with Crippen molar-refractivity contribution >= 4 is 34.2 Å². The lowest BCUT2D eigenvalue weighted by molar-refractivity contribution is -0.305. The SMILES string of the molecule is CCN(CC(=O)[O-])c1sc(C(=O)[O-])c(CC(=O)[O-])c1C#N. The van der Waals surface area contributed by atoms with Gasteiger partial charge in [0, 0.05) is 18.9 Å². The summed E-state index contributed by atoms with van der Waals surface area (Å²) in [5.41, 5.74) is -0.444. The van der Waals surface area contributed by atoms with Gasteiger partial charge in [-0.05, 0) is 12.5 Å². The molecule has 0 bridgehead atoms. The Hall–Kier alpha value is -2.60. The summed E-state index contributed by atoms with van der Waals surface area (Å²) in [7, 11) is 0. The molecule has 0 aliphatic carbocycles. The van der Waals surface area contributed by atoms with Crippen molar-refractivity contribution in [2.24, 2.45) is 0 Å². The molecule has 0 amide bonds. The number of aromatic carboxylic acids is 1. The monoisotopic (exact) mass is 309 g/mol. The highest BCUT2D eigenvalue weighted by Crippen LogP contribution is 2.35. The lowest BCUT2D eigenvalue weighted by Gasteiger charge is -2.22. The molecule has 0 saturated heterocycles. The van der Waals surface area contributed by atoms with Gasteiger partial charge in [0.05, 0.1) is 28.9 Å². The zero-order chi connectivity index (χ0) is 16.2. The molecule has 1 aromatic heterocycles. The number of carboxylic acid groups (broad SMARTS) is 3. The predicted molar refractivity (Wildman–Crippen MR) is 65.0 cm³/mol. The lowest BCUT2D eigenvalue weighted by Crippen LogP contribution is -2.38. The summed E-state index contributed by atoms with van der Waals surface area (Å²) in [6, 6.07) is 1.71. The summed E-state index contributed by atoms with van der Waals surface area (Å²) in [5, 5.41) is 41.6. The second-order valence-electron chi connectivity index (χ2n) is 3.92. The van der Waals surface area contributed by atoms with Crippen molar-refractivity contribution in [2.45, 2.75) is 13.3 Å². The molecule has 0 spiro atoms. The average molecular weight is 309 g/mol. The van der Waals surface area contributed by atoms with Crippen LogP contribution in [0, 0.1) is 11.3 Å². The third-order valence-electron chi connectivity index (χ3n) is 2.60. The molecule has 1 rings (SSSR count). The minimum Gasteiger partial charge on any atom is -0.550 e. The molecule has 0 aliphatic rings. The topological polar surface area (TPSA) is 147 Å². The summed E-state index contributed by atoms with van der Waals surface area (Å²) in [6.45, 7) is 1.21. The normalized spacial score (nSPS) is 9.90. The number of nitriles is 1. The lowest BCUT2D eigenvalue weighted by atomic mass is 10.1. The zero-order valence-corrected chi connectivity index (χ0v) is 11.7. The van der Waals surface area contributed by atoms with Crippen LogP contribution in [0.3, 0.4) is 0 Å². The number of carboxylic acids is 3. The average Bonchev–Trinajstić information content (AvgIpc) is 2.73. The molecule has 0 aromatic carbocycles. The first-order chi connectivity index (χ1) is 9.81. The number of hydrogen-bond acceptors (Lipinski definition) is 9. The van der Waals surface area contributed by atoms with Gasteiger partial charge in [0.1, 0.15) is 11.1 Å². The number of rotatable bonds is 7. The number of hydrogen-bond donors (Lipinski definition) is 0. The molecule has 1 aromatic rings. The van der Waals surface area contributed by atoms with Crippen LogP contribution in [0.1, 0.15) is 27.7 Å². The number of nitrogens with zero attached hydrogens (tertiary/aromatic N) is 2. The Balaban J connectivity index is 3.45. The van der Waals surface area contributed by atoms with Gasteiger partial charge in [-0.15, -0.1) is 11.3 Å². The molecule has 0 unspecified atom stereocenters. The second-order valence-corrected chi connectivity index (χ2v) is 4.92. The van der Waals surface area contributed by atoms with Crippen LogP contribution in [0.2, 0.25) is 0 Å². The molecule has 8 nitrogen and oxygen atoms in total. The fourth-order valence-electron chi connectivity index (χ4n) is 1.75. The number of likely N-dealkylation sites (N-methyl/N-ethyl adjacent to an activating group) is 1. The van der Waals surface area contributed by atoms with Gasteiger partial charge in [0.15, 0.2) is 0 Å². The highest BCUT2D eigenvalue weighted by atomic mass is 32.1. The molecule has 0 N–H and O–H groups in total. The number of carbonyl (C=O) groups excluding carboxylic acids is 3. The van der Waals surface area contributed by atoms with Crippen LogP contribution in [0.15, 0.2) is 0 Å². The molecular formula is C12H9N2O6S-3. The number of carbonyl (C=O) groups is 3. The predicted octanol–water partition coefficient (Wildman–Crippen LogP) is -3.15. The number of thiophene rings is 1. The van der Waals surface area contributed by atoms with Gasteiger partial charge in [-0.3, -0.25) is 0 Å². The first-order valence-electron chi connectivity index (χ1n) is 5.73. The second kappa shape index (κ2) is 6.71. The van der Waals surface area contributed by atoms with Gasteiger partial charge in [0.2, 0.25) is 0 Å². The Labute approximate surface area is 123 Å². The minimum atomic E-state index is -1.64. The molecule has 9 heteroatoms. The van der Waals surface area contributed by atoms with Gasteiger partial charge >= 0.3 is 0 Å². The van der Waals surface area contributed by atoms with Crippen LogP contribution in [-0.2, 0) is 16.0 Å². The fraction of sp³-hybridized carbons (Fsp3) is 0.333. The van der Waals surface area contributed by atoms with Crippen LogP contribution < -0.4 is 20.2 Å². The molecule has 0 saturated carbocycles. The Morgan fingerprint density at radius 1 is 1.24 bits per heavy atom. The van der Waals surface area contributed by atoms with E-state index in [1.807, 2.05) is 0 Å². The number of aliphatic carboxylic acids is 2. The zero-order valence-electron chi connectivity index (χ0n) is 10.9. The van der Waals surface area contributed by atoms with Crippen LogP contribution in [-0.4, -0.2) is 31.0 Å². The molecule has 21 heavy (non-hydrogen) atoms. The van der Waals surface area contributed by atoms with Crippen LogP contribution in [0.25, 0.3) is 0 Å². The quantitative estimate of drug-likeness (QED) is 0.513. The van der Waals surface area contributed by atoms with Gasteiger partial charge in [-0.1, -0.05) is 0 Å². The molecule has 0 radical (unpaired) electrons. The summed E-state index contributed by atoms with van der Waals surface area (Å²) in [6.07, 6.45) is -0.772. The third-order valence-corrected chi connectivity index (χ3v) is 3.87. The molecule has 0 fully saturated rings. The van der Waals surface area contributed by atoms with Gasteiger partial charge in [0.25, 0.3) is 0 Å². The summed E-state index contributed by atoms with van der Waals surface area (Å²) >= 11 is 0.595. The fourth-order valence-corrected chi connectivity index (χ4v) is 2.92. The molecule has 112 valence electrons. The van der Waals surface area contributed by atoms with Crippen molar-refractivity contribution < 1.29 is 29.7 Å². The Morgan fingerprint density at radius 2 is 1.86 bits per heavy atom. The highest BCUT2D eigenvalue weighted by molar-refractivity contribution is 7.18. The van der Waals surface area contributed by atoms with E-state index < -0.39 is 35.8 Å². The maximum Gasteiger partial charge on any atom is 0.110 e. The summed E-state index contributed by atoms with van der Waals surface area (Å²) in [5.74, 6) is -4.60. The van der Waals surface area contributed by atoms with Crippen molar-refractivity contribution in [1.82, 2.24) is 0 Å². The van der Waals surface area contributed by atoms with Crippen molar-refractivity contribution in [1.29, 1.82) is 5.26 Å². The minimum absolute atomic E-state index is 0.0552. The largest absolute Gasteiger partial charge is 0.550 e. The standard InChI is InChI=1S/C12H12N2O6S/c1-2-14(5-9(17)18)11-7(4-13)6(3-8(15)16)10(21-11)12(19)20/h2-3,5H2,1H3,(H,15,16)(H,17,18)(H,19,20)/p-3. The van der Waals surface area contributed by atoms with Crippen molar-refractivity contribution in [3.05, 3.63) is 16.0 Å². The van der Waals surface area contributed by atoms with E-state index in [1.165, 1.54) is 4.90 Å². The third kappa shape index (κ3) is 3.70. The van der Waals surface area contributed by atoms with Gasteiger partial charge in [-0.25, -0.2) is 0 Å². The van der Waals surface area contributed by atoms with Gasteiger partial charge < -0.3 is 34.6 Å². The van der Waals surface area contributed by atoms with E-state index in [0.717, 1.165) is 0 Å². The molecule has 1 heterocycles. The summed E-state index contributed by atoms with van der Waals surface area (Å²) < 4.78 is 0. The van der Waals surface area contributed by atoms with Crippen LogP contribution >= 0.6 is 11.3 Å². The van der Waals surface area contributed by atoms with E-state index in [1.54, 1.807) is 13.0 Å². The van der Waals surface area contributed by atoms with E-state index >= 15 is 0 Å². The van der Waals surface area contributed by atoms with Crippen molar-refractivity contribution in [3.63, 3.8) is 0 Å². The highest BCUT2D eigenvalue weighted by Gasteiger charge is 2.22. The molecule has 0 atom stereocenters. The van der Waals surface area contributed by atoms with E-state index in [9.17, 15) is 29.7 Å². The maximum atomic E-state index is 11.0. The first-order valence-corrected chi connectivity index (χ1v) is 6.55. The van der Waals surface area contributed by atoms with E-state index in [4.69, 9.17) is 5.26 Å². The Bertz CT molecular complexity index is 630. The van der Waals surface area contributed by atoms with E-state index in [2.05, 4.69) is 0 Å². The smallest absolute Gasteiger partial charge is 0.110 e. The Morgan fingerprint density at radius 3 is 2.24 bits per heavy atom. The number of anilines is 1. The molecular weight excluding hydrogens is 300 g/mol. The van der Waals surface area contributed by atoms with Gasteiger partial charge in [-0.2, -0.15) is 5.26 Å². The Kier molecular flexibility index (Phi) is 5.26. The maximum absolute atomic E-state index is 11.0. The first kappa shape index (κ1) is 16.5. The van der Waals surface area contributed by atoms with Crippen LogP contribution in [0.4, 0.5) is 5.00 Å². The van der Waals surface area contributed by atoms with Crippen molar-refractivity contribution in [3.8, 4) is 6.07 Å². The molecule has 0 aliphatic heterocycles. The van der Waals surface area contributed by atoms with E-state index in [0.29, 0.717) is 11.3 Å². The van der Waals surface area contributed by atoms with Crippen molar-refractivity contribution in [2.75, 3.05) is 18.0 Å². The van der Waals surface area contributed by atoms with E-state index in [-0.39, 0.29) is 22.7 Å². The van der Waals surface area contributed by atoms with Crippen LogP contribution in [0.5, 0.6) is 0 Å². The summed E-state index contributed by atoms with van der Waals surface area (Å²) in [4.78, 5) is 33.2.